The van der Waals surface area contributed by atoms with Gasteiger partial charge in [0, 0.05) is 28.6 Å². The van der Waals surface area contributed by atoms with Gasteiger partial charge in [-0.1, -0.05) is 41.4 Å². The lowest BCUT2D eigenvalue weighted by molar-refractivity contribution is -0.124. The summed E-state index contributed by atoms with van der Waals surface area (Å²) in [7, 11) is 0. The van der Waals surface area contributed by atoms with Crippen LogP contribution >= 0.6 is 39.1 Å². The SMILES string of the molecule is CCOc1cc(C=NNC(=O)CCC(=O)Nc2cccc(Cl)c2)cc(Br)c1OCc1ccc(Cl)cc1. The van der Waals surface area contributed by atoms with E-state index in [9.17, 15) is 9.59 Å². The van der Waals surface area contributed by atoms with E-state index in [2.05, 4.69) is 31.8 Å². The van der Waals surface area contributed by atoms with E-state index in [-0.39, 0.29) is 24.7 Å². The molecule has 0 saturated carbocycles. The van der Waals surface area contributed by atoms with Crippen molar-refractivity contribution in [2.75, 3.05) is 11.9 Å². The van der Waals surface area contributed by atoms with E-state index < -0.39 is 0 Å². The maximum Gasteiger partial charge on any atom is 0.240 e. The number of anilines is 1. The normalized spacial score (nSPS) is 10.8. The molecule has 0 unspecified atom stereocenters. The molecule has 2 amide bonds. The third-order valence-electron chi connectivity index (χ3n) is 4.72. The van der Waals surface area contributed by atoms with Crippen molar-refractivity contribution in [2.45, 2.75) is 26.4 Å². The van der Waals surface area contributed by atoms with Gasteiger partial charge in [-0.15, -0.1) is 0 Å². The molecule has 0 heterocycles. The molecule has 188 valence electrons. The molecular formula is C26H24BrCl2N3O4. The van der Waals surface area contributed by atoms with Crippen LogP contribution in [0.5, 0.6) is 11.5 Å². The van der Waals surface area contributed by atoms with E-state index in [1.54, 1.807) is 48.5 Å². The second-order valence-corrected chi connectivity index (χ2v) is 9.26. The average Bonchev–Trinajstić information content (AvgIpc) is 2.83. The zero-order valence-electron chi connectivity index (χ0n) is 19.4. The van der Waals surface area contributed by atoms with Crippen molar-refractivity contribution < 1.29 is 19.1 Å². The van der Waals surface area contributed by atoms with Crippen LogP contribution in [0.3, 0.4) is 0 Å². The molecule has 10 heteroatoms. The highest BCUT2D eigenvalue weighted by Crippen LogP contribution is 2.37. The highest BCUT2D eigenvalue weighted by molar-refractivity contribution is 9.10. The molecule has 0 spiro atoms. The van der Waals surface area contributed by atoms with Crippen LogP contribution in [0.2, 0.25) is 10.0 Å². The van der Waals surface area contributed by atoms with Gasteiger partial charge >= 0.3 is 0 Å². The van der Waals surface area contributed by atoms with Gasteiger partial charge in [0.2, 0.25) is 11.8 Å². The Labute approximate surface area is 227 Å². The third kappa shape index (κ3) is 8.86. The highest BCUT2D eigenvalue weighted by atomic mass is 79.9. The molecule has 0 aliphatic heterocycles. The Kier molecular flexibility index (Phi) is 10.6. The molecule has 3 rings (SSSR count). The van der Waals surface area contributed by atoms with Crippen LogP contribution in [0, 0.1) is 0 Å². The third-order valence-corrected chi connectivity index (χ3v) is 5.79. The molecule has 0 bridgehead atoms. The fraction of sp³-hybridized carbons (Fsp3) is 0.192. The zero-order chi connectivity index (χ0) is 25.9. The van der Waals surface area contributed by atoms with E-state index >= 15 is 0 Å². The molecule has 7 nitrogen and oxygen atoms in total. The number of halogens is 3. The number of hydrogen-bond donors (Lipinski definition) is 2. The molecule has 0 aromatic heterocycles. The Bertz CT molecular complexity index is 1240. The first kappa shape index (κ1) is 27.5. The number of hydrazone groups is 1. The van der Waals surface area contributed by atoms with Crippen molar-refractivity contribution in [1.29, 1.82) is 0 Å². The first-order valence-electron chi connectivity index (χ1n) is 11.0. The van der Waals surface area contributed by atoms with Crippen molar-refractivity contribution in [1.82, 2.24) is 5.43 Å². The summed E-state index contributed by atoms with van der Waals surface area (Å²) >= 11 is 15.4. The maximum absolute atomic E-state index is 12.1. The lowest BCUT2D eigenvalue weighted by Gasteiger charge is -2.14. The van der Waals surface area contributed by atoms with Crippen LogP contribution in [0.1, 0.15) is 30.9 Å². The van der Waals surface area contributed by atoms with Crippen LogP contribution in [-0.2, 0) is 16.2 Å². The van der Waals surface area contributed by atoms with E-state index in [4.69, 9.17) is 32.7 Å². The summed E-state index contributed by atoms with van der Waals surface area (Å²) in [5, 5.41) is 7.85. The lowest BCUT2D eigenvalue weighted by atomic mass is 10.2. The van der Waals surface area contributed by atoms with E-state index in [0.29, 0.717) is 50.5 Å². The lowest BCUT2D eigenvalue weighted by Crippen LogP contribution is -2.20. The number of carbonyl (C=O) groups is 2. The van der Waals surface area contributed by atoms with Gasteiger partial charge in [0.15, 0.2) is 11.5 Å². The summed E-state index contributed by atoms with van der Waals surface area (Å²) in [6, 6.07) is 17.7. The van der Waals surface area contributed by atoms with Crippen molar-refractivity contribution in [2.24, 2.45) is 5.10 Å². The van der Waals surface area contributed by atoms with Crippen molar-refractivity contribution in [3.8, 4) is 11.5 Å². The Morgan fingerprint density at radius 1 is 0.972 bits per heavy atom. The Balaban J connectivity index is 1.54. The fourth-order valence-electron chi connectivity index (χ4n) is 3.05. The van der Waals surface area contributed by atoms with Gasteiger partial charge in [0.25, 0.3) is 0 Å². The molecule has 36 heavy (non-hydrogen) atoms. The maximum atomic E-state index is 12.1. The first-order valence-corrected chi connectivity index (χ1v) is 12.6. The number of nitrogens with zero attached hydrogens (tertiary/aromatic N) is 1. The Hall–Kier alpha value is -3.07. The summed E-state index contributed by atoms with van der Waals surface area (Å²) in [4.78, 5) is 24.1. The van der Waals surface area contributed by atoms with Gasteiger partial charge in [-0.05, 0) is 76.4 Å². The minimum Gasteiger partial charge on any atom is -0.490 e. The fourth-order valence-corrected chi connectivity index (χ4v) is 3.94. The molecule has 0 radical (unpaired) electrons. The topological polar surface area (TPSA) is 89.0 Å². The molecule has 3 aromatic rings. The number of nitrogens with one attached hydrogen (secondary N) is 2. The monoisotopic (exact) mass is 591 g/mol. The standard InChI is InChI=1S/C26H24BrCl2N3O4/c1-2-35-23-13-18(12-22(27)26(23)36-16-17-6-8-19(28)9-7-17)15-30-32-25(34)11-10-24(33)31-21-5-3-4-20(29)14-21/h3-9,12-15H,2,10-11,16H2,1H3,(H,31,33)(H,32,34). The minimum absolute atomic E-state index is 0.00750. The van der Waals surface area contributed by atoms with Crippen LogP contribution < -0.4 is 20.2 Å². The van der Waals surface area contributed by atoms with Crippen LogP contribution in [0.25, 0.3) is 0 Å². The predicted octanol–water partition coefficient (Wildman–Crippen LogP) is 6.60. The molecular weight excluding hydrogens is 569 g/mol. The van der Waals surface area contributed by atoms with Crippen LogP contribution in [0.15, 0.2) is 70.2 Å². The van der Waals surface area contributed by atoms with Gasteiger partial charge in [0.1, 0.15) is 6.61 Å². The summed E-state index contributed by atoms with van der Waals surface area (Å²) in [6.45, 7) is 2.66. The molecule has 0 aliphatic carbocycles. The average molecular weight is 593 g/mol. The first-order chi connectivity index (χ1) is 17.3. The van der Waals surface area contributed by atoms with Gasteiger partial charge < -0.3 is 14.8 Å². The number of rotatable bonds is 11. The highest BCUT2D eigenvalue weighted by Gasteiger charge is 2.13. The molecule has 0 fully saturated rings. The summed E-state index contributed by atoms with van der Waals surface area (Å²) < 4.78 is 12.4. The van der Waals surface area contributed by atoms with Crippen molar-refractivity contribution >= 4 is 62.8 Å². The molecule has 3 aromatic carbocycles. The molecule has 0 aliphatic rings. The zero-order valence-corrected chi connectivity index (χ0v) is 22.5. The predicted molar refractivity (Wildman–Crippen MR) is 146 cm³/mol. The van der Waals surface area contributed by atoms with Crippen LogP contribution in [-0.4, -0.2) is 24.6 Å². The van der Waals surface area contributed by atoms with Gasteiger partial charge in [0.05, 0.1) is 17.3 Å². The quantitative estimate of drug-likeness (QED) is 0.194. The number of hydrogen-bond acceptors (Lipinski definition) is 5. The number of carbonyl (C=O) groups excluding carboxylic acids is 2. The van der Waals surface area contributed by atoms with E-state index in [1.165, 1.54) is 6.21 Å². The van der Waals surface area contributed by atoms with Gasteiger partial charge in [-0.3, -0.25) is 9.59 Å². The largest absolute Gasteiger partial charge is 0.490 e. The van der Waals surface area contributed by atoms with Crippen LogP contribution in [0.4, 0.5) is 5.69 Å². The Morgan fingerprint density at radius 2 is 1.72 bits per heavy atom. The second-order valence-electron chi connectivity index (χ2n) is 7.53. The molecule has 0 saturated heterocycles. The van der Waals surface area contributed by atoms with Crippen molar-refractivity contribution in [3.05, 3.63) is 86.3 Å². The van der Waals surface area contributed by atoms with E-state index in [1.807, 2.05) is 19.1 Å². The number of benzene rings is 3. The summed E-state index contributed by atoms with van der Waals surface area (Å²) in [5.74, 6) is 0.403. The summed E-state index contributed by atoms with van der Waals surface area (Å²) in [5.41, 5.74) is 4.64. The molecule has 0 atom stereocenters. The second kappa shape index (κ2) is 13.9. The number of amides is 2. The Morgan fingerprint density at radius 3 is 2.44 bits per heavy atom. The van der Waals surface area contributed by atoms with Gasteiger partial charge in [-0.25, -0.2) is 5.43 Å². The minimum atomic E-state index is -0.389. The van der Waals surface area contributed by atoms with Crippen molar-refractivity contribution in [3.63, 3.8) is 0 Å². The van der Waals surface area contributed by atoms with Gasteiger partial charge in [-0.2, -0.15) is 5.10 Å². The smallest absolute Gasteiger partial charge is 0.240 e. The molecule has 2 N–H and O–H groups in total. The number of ether oxygens (including phenoxy) is 2. The van der Waals surface area contributed by atoms with E-state index in [0.717, 1.165) is 5.56 Å². The summed E-state index contributed by atoms with van der Waals surface area (Å²) in [6.07, 6.45) is 1.48.